The van der Waals surface area contributed by atoms with E-state index in [1.54, 1.807) is 13.8 Å². The molecular formula is C17H18FNO5. The number of carbonyl (C=O) groups excluding carboxylic acids is 2. The number of Topliss-reactive ketones (excluding diaryl/α,β-unsaturated/α-hetero) is 1. The second kappa shape index (κ2) is 7.16. The Hall–Kier alpha value is -2.83. The predicted molar refractivity (Wildman–Crippen MR) is 84.4 cm³/mol. The number of esters is 1. The fourth-order valence-electron chi connectivity index (χ4n) is 2.40. The van der Waals surface area contributed by atoms with Gasteiger partial charge < -0.3 is 19.2 Å². The monoisotopic (exact) mass is 335 g/mol. The van der Waals surface area contributed by atoms with Gasteiger partial charge in [0.05, 0.1) is 25.5 Å². The van der Waals surface area contributed by atoms with Crippen molar-refractivity contribution in [1.82, 2.24) is 4.98 Å². The molecule has 0 bridgehead atoms. The molecule has 0 aliphatic carbocycles. The van der Waals surface area contributed by atoms with Crippen LogP contribution in [-0.4, -0.2) is 37.6 Å². The summed E-state index contributed by atoms with van der Waals surface area (Å²) in [6.45, 7) is 3.03. The van der Waals surface area contributed by atoms with Gasteiger partial charge in [-0.3, -0.25) is 4.79 Å². The van der Waals surface area contributed by atoms with Crippen molar-refractivity contribution in [3.63, 3.8) is 0 Å². The average Bonchev–Trinajstić information content (AvgIpc) is 2.86. The molecule has 0 fully saturated rings. The van der Waals surface area contributed by atoms with Gasteiger partial charge in [-0.2, -0.15) is 0 Å². The molecule has 1 aromatic heterocycles. The highest BCUT2D eigenvalue weighted by Gasteiger charge is 2.22. The third kappa shape index (κ3) is 3.40. The molecule has 0 saturated carbocycles. The van der Waals surface area contributed by atoms with E-state index in [9.17, 15) is 14.0 Å². The molecule has 2 rings (SSSR count). The van der Waals surface area contributed by atoms with Crippen LogP contribution in [0.25, 0.3) is 0 Å². The van der Waals surface area contributed by atoms with E-state index in [0.29, 0.717) is 16.8 Å². The molecule has 0 atom stereocenters. The third-order valence-corrected chi connectivity index (χ3v) is 3.60. The first-order chi connectivity index (χ1) is 11.4. The lowest BCUT2D eigenvalue weighted by atomic mass is 10.1. The van der Waals surface area contributed by atoms with Crippen LogP contribution in [0.5, 0.6) is 11.5 Å². The summed E-state index contributed by atoms with van der Waals surface area (Å²) in [6, 6.07) is 4.05. The minimum atomic E-state index is -0.581. The topological polar surface area (TPSA) is 77.6 Å². The molecule has 0 aliphatic rings. The smallest absolute Gasteiger partial charge is 0.339 e. The average molecular weight is 335 g/mol. The van der Waals surface area contributed by atoms with E-state index in [-0.39, 0.29) is 29.6 Å². The molecule has 6 nitrogen and oxygen atoms in total. The van der Waals surface area contributed by atoms with Gasteiger partial charge in [0.25, 0.3) is 0 Å². The van der Waals surface area contributed by atoms with E-state index in [1.807, 2.05) is 0 Å². The molecule has 0 radical (unpaired) electrons. The van der Waals surface area contributed by atoms with Crippen molar-refractivity contribution in [2.24, 2.45) is 0 Å². The van der Waals surface area contributed by atoms with Crippen LogP contribution in [0, 0.1) is 19.7 Å². The quantitative estimate of drug-likeness (QED) is 0.649. The van der Waals surface area contributed by atoms with E-state index >= 15 is 0 Å². The molecule has 0 spiro atoms. The number of nitrogens with one attached hydrogen (secondary N) is 1. The molecule has 7 heteroatoms. The maximum absolute atomic E-state index is 13.6. The van der Waals surface area contributed by atoms with Crippen molar-refractivity contribution in [1.29, 1.82) is 0 Å². The van der Waals surface area contributed by atoms with E-state index in [2.05, 4.69) is 4.98 Å². The Labute approximate surface area is 138 Å². The molecule has 0 saturated heterocycles. The Morgan fingerprint density at radius 2 is 1.92 bits per heavy atom. The lowest BCUT2D eigenvalue weighted by Gasteiger charge is -2.07. The maximum Gasteiger partial charge on any atom is 0.339 e. The molecule has 128 valence electrons. The Bertz CT molecular complexity index is 782. The van der Waals surface area contributed by atoms with Crippen molar-refractivity contribution in [3.8, 4) is 11.5 Å². The molecule has 1 heterocycles. The van der Waals surface area contributed by atoms with Crippen molar-refractivity contribution in [2.75, 3.05) is 20.8 Å². The molecule has 0 aliphatic heterocycles. The van der Waals surface area contributed by atoms with E-state index in [4.69, 9.17) is 14.2 Å². The summed E-state index contributed by atoms with van der Waals surface area (Å²) in [5.74, 6) is -1.16. The highest BCUT2D eigenvalue weighted by Crippen LogP contribution is 2.23. The number of hydrogen-bond donors (Lipinski definition) is 1. The molecule has 0 amide bonds. The highest BCUT2D eigenvalue weighted by molar-refractivity contribution is 6.02. The number of ether oxygens (including phenoxy) is 3. The van der Waals surface area contributed by atoms with Gasteiger partial charge >= 0.3 is 5.97 Å². The number of carbonyl (C=O) groups is 2. The number of H-pyrrole nitrogens is 1. The van der Waals surface area contributed by atoms with Gasteiger partial charge in [-0.25, -0.2) is 9.18 Å². The first-order valence-electron chi connectivity index (χ1n) is 7.16. The highest BCUT2D eigenvalue weighted by atomic mass is 19.1. The lowest BCUT2D eigenvalue weighted by Crippen LogP contribution is -2.13. The Morgan fingerprint density at radius 3 is 2.50 bits per heavy atom. The number of benzene rings is 1. The molecule has 1 N–H and O–H groups in total. The van der Waals surface area contributed by atoms with Gasteiger partial charge in [-0.1, -0.05) is 0 Å². The standard InChI is InChI=1S/C17H18FNO5/c1-9-15(17(21)23-4)10(2)19-16(9)13(20)8-24-11-5-6-14(22-3)12(18)7-11/h5-7,19H,8H2,1-4H3. The summed E-state index contributed by atoms with van der Waals surface area (Å²) in [7, 11) is 2.63. The van der Waals surface area contributed by atoms with E-state index in [0.717, 1.165) is 6.07 Å². The van der Waals surface area contributed by atoms with Crippen molar-refractivity contribution in [3.05, 3.63) is 46.5 Å². The minimum absolute atomic E-state index is 0.0900. The number of ketones is 1. The van der Waals surface area contributed by atoms with E-state index < -0.39 is 11.8 Å². The SMILES string of the molecule is COC(=O)c1c(C)[nH]c(C(=O)COc2ccc(OC)c(F)c2)c1C. The van der Waals surface area contributed by atoms with Crippen LogP contribution in [0.4, 0.5) is 4.39 Å². The normalized spacial score (nSPS) is 10.4. The van der Waals surface area contributed by atoms with Crippen LogP contribution in [0.1, 0.15) is 32.1 Å². The lowest BCUT2D eigenvalue weighted by molar-refractivity contribution is 0.0599. The summed E-state index contributed by atoms with van der Waals surface area (Å²) in [6.07, 6.45) is 0. The number of aromatic amines is 1. The van der Waals surface area contributed by atoms with Gasteiger partial charge in [0.1, 0.15) is 5.75 Å². The zero-order chi connectivity index (χ0) is 17.9. The second-order valence-electron chi connectivity index (χ2n) is 5.12. The third-order valence-electron chi connectivity index (χ3n) is 3.60. The zero-order valence-corrected chi connectivity index (χ0v) is 13.9. The van der Waals surface area contributed by atoms with Crippen LogP contribution >= 0.6 is 0 Å². The van der Waals surface area contributed by atoms with Gasteiger partial charge in [-0.05, 0) is 31.5 Å². The molecule has 0 unspecified atom stereocenters. The van der Waals surface area contributed by atoms with Crippen LogP contribution in [0.15, 0.2) is 18.2 Å². The Balaban J connectivity index is 2.13. The number of methoxy groups -OCH3 is 2. The summed E-state index contributed by atoms with van der Waals surface area (Å²) >= 11 is 0. The summed E-state index contributed by atoms with van der Waals surface area (Å²) < 4.78 is 28.4. The summed E-state index contributed by atoms with van der Waals surface area (Å²) in [5.41, 5.74) is 1.63. The van der Waals surface area contributed by atoms with Gasteiger partial charge in [0.2, 0.25) is 5.78 Å². The fraction of sp³-hybridized carbons (Fsp3) is 0.294. The van der Waals surface area contributed by atoms with E-state index in [1.165, 1.54) is 26.4 Å². The summed E-state index contributed by atoms with van der Waals surface area (Å²) in [4.78, 5) is 26.9. The Morgan fingerprint density at radius 1 is 1.21 bits per heavy atom. The van der Waals surface area contributed by atoms with Gasteiger partial charge in [-0.15, -0.1) is 0 Å². The summed E-state index contributed by atoms with van der Waals surface area (Å²) in [5, 5.41) is 0. The number of aromatic nitrogens is 1. The number of aryl methyl sites for hydroxylation is 1. The van der Waals surface area contributed by atoms with Crippen LogP contribution in [-0.2, 0) is 4.74 Å². The molecule has 2 aromatic rings. The zero-order valence-electron chi connectivity index (χ0n) is 13.9. The molecule has 24 heavy (non-hydrogen) atoms. The van der Waals surface area contributed by atoms with Crippen molar-refractivity contribution < 1.29 is 28.2 Å². The first kappa shape index (κ1) is 17.5. The molecule has 1 aromatic carbocycles. The van der Waals surface area contributed by atoms with Gasteiger partial charge in [0.15, 0.2) is 18.2 Å². The van der Waals surface area contributed by atoms with Gasteiger partial charge in [0, 0.05) is 11.8 Å². The van der Waals surface area contributed by atoms with Crippen LogP contribution < -0.4 is 9.47 Å². The number of rotatable bonds is 6. The number of hydrogen-bond acceptors (Lipinski definition) is 5. The second-order valence-corrected chi connectivity index (χ2v) is 5.12. The largest absolute Gasteiger partial charge is 0.494 e. The maximum atomic E-state index is 13.6. The first-order valence-corrected chi connectivity index (χ1v) is 7.16. The predicted octanol–water partition coefficient (Wildman–Crippen LogP) is 2.83. The Kier molecular flexibility index (Phi) is 5.23. The molecular weight excluding hydrogens is 317 g/mol. The fourth-order valence-corrected chi connectivity index (χ4v) is 2.40. The minimum Gasteiger partial charge on any atom is -0.494 e. The van der Waals surface area contributed by atoms with Crippen molar-refractivity contribution in [2.45, 2.75) is 13.8 Å². The van der Waals surface area contributed by atoms with Crippen LogP contribution in [0.3, 0.4) is 0 Å². The number of halogens is 1. The van der Waals surface area contributed by atoms with Crippen LogP contribution in [0.2, 0.25) is 0 Å². The van der Waals surface area contributed by atoms with Crippen molar-refractivity contribution >= 4 is 11.8 Å².